The molecule has 0 fully saturated rings. The van der Waals surface area contributed by atoms with Gasteiger partial charge in [-0.1, -0.05) is 18.2 Å². The zero-order chi connectivity index (χ0) is 16.4. The van der Waals surface area contributed by atoms with Gasteiger partial charge in [-0.25, -0.2) is 0 Å². The fraction of sp³-hybridized carbons (Fsp3) is 0.588. The van der Waals surface area contributed by atoms with Crippen molar-refractivity contribution in [2.24, 2.45) is 4.99 Å². The summed E-state index contributed by atoms with van der Waals surface area (Å²) in [7, 11) is 3.40. The molecule has 0 saturated heterocycles. The van der Waals surface area contributed by atoms with E-state index in [1.165, 1.54) is 5.56 Å². The molecule has 6 heteroatoms. The minimum absolute atomic E-state index is 0. The molecule has 0 unspecified atom stereocenters. The average molecular weight is 435 g/mol. The molecule has 0 saturated carbocycles. The Hall–Kier alpha value is -1.02. The lowest BCUT2D eigenvalue weighted by Crippen LogP contribution is -2.40. The minimum atomic E-state index is -0.259. The minimum Gasteiger partial charge on any atom is -0.496 e. The number of hydrogen-bond acceptors (Lipinski definition) is 3. The van der Waals surface area contributed by atoms with Crippen molar-refractivity contribution in [3.63, 3.8) is 0 Å². The summed E-state index contributed by atoms with van der Waals surface area (Å²) < 4.78 is 10.8. The van der Waals surface area contributed by atoms with Gasteiger partial charge < -0.3 is 20.1 Å². The van der Waals surface area contributed by atoms with Crippen LogP contribution in [0.25, 0.3) is 0 Å². The number of guanidine groups is 1. The van der Waals surface area contributed by atoms with Gasteiger partial charge in [0.05, 0.1) is 19.3 Å². The standard InChI is InChI=1S/C17H29N3O2.HI/c1-6-18-16(20-13-17(2,3)22-5)19-12-11-14-9-7-8-10-15(14)21-4;/h7-10H,6,11-13H2,1-5H3,(H2,18,19,20);1H. The Balaban J connectivity index is 0.00000484. The summed E-state index contributed by atoms with van der Waals surface area (Å²) in [5.41, 5.74) is 0.927. The number of halogens is 1. The number of benzene rings is 1. The smallest absolute Gasteiger partial charge is 0.191 e. The predicted octanol–water partition coefficient (Wildman–Crippen LogP) is 2.84. The second-order valence-corrected chi connectivity index (χ2v) is 5.65. The quantitative estimate of drug-likeness (QED) is 0.375. The van der Waals surface area contributed by atoms with E-state index in [2.05, 4.69) is 28.6 Å². The van der Waals surface area contributed by atoms with Gasteiger partial charge in [-0.15, -0.1) is 24.0 Å². The number of para-hydroxylation sites is 1. The highest BCUT2D eigenvalue weighted by Gasteiger charge is 2.15. The first-order valence-electron chi connectivity index (χ1n) is 7.71. The van der Waals surface area contributed by atoms with Gasteiger partial charge in [-0.05, 0) is 38.8 Å². The molecule has 132 valence electrons. The third kappa shape index (κ3) is 8.41. The second-order valence-electron chi connectivity index (χ2n) is 5.65. The maximum Gasteiger partial charge on any atom is 0.191 e. The van der Waals surface area contributed by atoms with E-state index in [0.29, 0.717) is 6.54 Å². The first-order valence-corrected chi connectivity index (χ1v) is 7.71. The first kappa shape index (κ1) is 22.0. The van der Waals surface area contributed by atoms with Crippen molar-refractivity contribution in [2.75, 3.05) is 33.9 Å². The normalized spacial score (nSPS) is 11.6. The number of rotatable bonds is 8. The van der Waals surface area contributed by atoms with Crippen LogP contribution in [0.5, 0.6) is 5.75 Å². The van der Waals surface area contributed by atoms with E-state index in [0.717, 1.165) is 31.2 Å². The fourth-order valence-electron chi connectivity index (χ4n) is 1.90. The zero-order valence-electron chi connectivity index (χ0n) is 14.8. The highest BCUT2D eigenvalue weighted by atomic mass is 127. The van der Waals surface area contributed by atoms with E-state index in [9.17, 15) is 0 Å². The van der Waals surface area contributed by atoms with Crippen molar-refractivity contribution >= 4 is 29.9 Å². The van der Waals surface area contributed by atoms with Crippen molar-refractivity contribution in [3.8, 4) is 5.75 Å². The summed E-state index contributed by atoms with van der Waals surface area (Å²) in [6.45, 7) is 8.32. The van der Waals surface area contributed by atoms with Gasteiger partial charge in [0, 0.05) is 20.2 Å². The summed E-state index contributed by atoms with van der Waals surface area (Å²) in [5, 5.41) is 6.59. The fourth-order valence-corrected chi connectivity index (χ4v) is 1.90. The number of ether oxygens (including phenoxy) is 2. The van der Waals surface area contributed by atoms with Crippen LogP contribution in [0, 0.1) is 0 Å². The predicted molar refractivity (Wildman–Crippen MR) is 107 cm³/mol. The lowest BCUT2D eigenvalue weighted by molar-refractivity contribution is 0.0310. The molecule has 1 rings (SSSR count). The molecular formula is C17H30IN3O2. The Morgan fingerprint density at radius 3 is 2.48 bits per heavy atom. The van der Waals surface area contributed by atoms with Gasteiger partial charge in [0.2, 0.25) is 0 Å². The topological polar surface area (TPSA) is 54.9 Å². The van der Waals surface area contributed by atoms with Crippen LogP contribution in [0.2, 0.25) is 0 Å². The van der Waals surface area contributed by atoms with E-state index in [4.69, 9.17) is 9.47 Å². The molecule has 0 bridgehead atoms. The maximum atomic E-state index is 5.39. The van der Waals surface area contributed by atoms with Crippen LogP contribution < -0.4 is 15.4 Å². The molecule has 1 aromatic rings. The van der Waals surface area contributed by atoms with Gasteiger partial charge in [0.25, 0.3) is 0 Å². The molecule has 0 aliphatic heterocycles. The zero-order valence-corrected chi connectivity index (χ0v) is 17.1. The molecular weight excluding hydrogens is 405 g/mol. The summed E-state index contributed by atoms with van der Waals surface area (Å²) in [4.78, 5) is 4.57. The Kier molecular flexibility index (Phi) is 11.0. The van der Waals surface area contributed by atoms with Crippen molar-refractivity contribution in [1.82, 2.24) is 10.6 Å². The molecule has 1 aromatic carbocycles. The van der Waals surface area contributed by atoms with Gasteiger partial charge in [0.15, 0.2) is 5.96 Å². The molecule has 0 aromatic heterocycles. The van der Waals surface area contributed by atoms with Crippen molar-refractivity contribution in [2.45, 2.75) is 32.8 Å². The number of aliphatic imine (C=N–C) groups is 1. The van der Waals surface area contributed by atoms with E-state index < -0.39 is 0 Å². The molecule has 0 spiro atoms. The highest BCUT2D eigenvalue weighted by molar-refractivity contribution is 14.0. The second kappa shape index (κ2) is 11.5. The van der Waals surface area contributed by atoms with E-state index in [-0.39, 0.29) is 29.6 Å². The van der Waals surface area contributed by atoms with Crippen LogP contribution in [0.1, 0.15) is 26.3 Å². The number of nitrogens with zero attached hydrogens (tertiary/aromatic N) is 1. The molecule has 0 atom stereocenters. The Labute approximate surface area is 157 Å². The summed E-state index contributed by atoms with van der Waals surface area (Å²) in [6.07, 6.45) is 0.877. The monoisotopic (exact) mass is 435 g/mol. The lowest BCUT2D eigenvalue weighted by Gasteiger charge is -2.21. The van der Waals surface area contributed by atoms with Crippen LogP contribution >= 0.6 is 24.0 Å². The SMILES string of the molecule is CCNC(=NCC(C)(C)OC)NCCc1ccccc1OC.I. The third-order valence-corrected chi connectivity index (χ3v) is 3.39. The van der Waals surface area contributed by atoms with Crippen molar-refractivity contribution < 1.29 is 9.47 Å². The third-order valence-electron chi connectivity index (χ3n) is 3.39. The van der Waals surface area contributed by atoms with Crippen LogP contribution in [-0.2, 0) is 11.2 Å². The van der Waals surface area contributed by atoms with Gasteiger partial charge >= 0.3 is 0 Å². The number of methoxy groups -OCH3 is 2. The van der Waals surface area contributed by atoms with Crippen LogP contribution in [-0.4, -0.2) is 45.4 Å². The summed E-state index contributed by atoms with van der Waals surface area (Å²) >= 11 is 0. The Bertz CT molecular complexity index is 479. The molecule has 0 aliphatic carbocycles. The van der Waals surface area contributed by atoms with Gasteiger partial charge in [0.1, 0.15) is 5.75 Å². The van der Waals surface area contributed by atoms with Crippen molar-refractivity contribution in [1.29, 1.82) is 0 Å². The van der Waals surface area contributed by atoms with E-state index >= 15 is 0 Å². The Morgan fingerprint density at radius 2 is 1.87 bits per heavy atom. The van der Waals surface area contributed by atoms with E-state index in [1.807, 2.05) is 32.0 Å². The largest absolute Gasteiger partial charge is 0.496 e. The van der Waals surface area contributed by atoms with Crippen LogP contribution in [0.15, 0.2) is 29.3 Å². The van der Waals surface area contributed by atoms with Gasteiger partial charge in [-0.3, -0.25) is 4.99 Å². The van der Waals surface area contributed by atoms with E-state index in [1.54, 1.807) is 14.2 Å². The molecule has 5 nitrogen and oxygen atoms in total. The lowest BCUT2D eigenvalue weighted by atomic mass is 10.1. The molecule has 0 amide bonds. The Morgan fingerprint density at radius 1 is 1.17 bits per heavy atom. The maximum absolute atomic E-state index is 5.39. The van der Waals surface area contributed by atoms with Gasteiger partial charge in [-0.2, -0.15) is 0 Å². The molecule has 0 heterocycles. The summed E-state index contributed by atoms with van der Waals surface area (Å²) in [5.74, 6) is 1.73. The number of nitrogens with one attached hydrogen (secondary N) is 2. The summed E-state index contributed by atoms with van der Waals surface area (Å²) in [6, 6.07) is 8.07. The molecule has 0 aliphatic rings. The van der Waals surface area contributed by atoms with Crippen LogP contribution in [0.3, 0.4) is 0 Å². The van der Waals surface area contributed by atoms with Crippen LogP contribution in [0.4, 0.5) is 0 Å². The molecule has 23 heavy (non-hydrogen) atoms. The van der Waals surface area contributed by atoms with Crippen molar-refractivity contribution in [3.05, 3.63) is 29.8 Å². The molecule has 0 radical (unpaired) electrons. The first-order chi connectivity index (χ1) is 10.5. The number of hydrogen-bond donors (Lipinski definition) is 2. The molecule has 2 N–H and O–H groups in total. The highest BCUT2D eigenvalue weighted by Crippen LogP contribution is 2.17. The average Bonchev–Trinajstić information content (AvgIpc) is 2.53.